The molecule has 12 heteroatoms. The molecular weight excluding hydrogens is 423 g/mol. The van der Waals surface area contributed by atoms with Crippen LogP contribution in [0, 0.1) is 0 Å². The third-order valence-electron chi connectivity index (χ3n) is 4.15. The van der Waals surface area contributed by atoms with E-state index in [2.05, 4.69) is 16.0 Å². The molecule has 0 aliphatic carbocycles. The zero-order chi connectivity index (χ0) is 25.2. The summed E-state index contributed by atoms with van der Waals surface area (Å²) < 4.78 is 9.92. The van der Waals surface area contributed by atoms with Crippen molar-refractivity contribution in [2.24, 2.45) is 0 Å². The maximum absolute atomic E-state index is 12.6. The van der Waals surface area contributed by atoms with Gasteiger partial charge in [0.15, 0.2) is 0 Å². The minimum Gasteiger partial charge on any atom is -0.467 e. The summed E-state index contributed by atoms with van der Waals surface area (Å²) in [5.41, 5.74) is -0.154. The highest BCUT2D eigenvalue weighted by Crippen LogP contribution is 2.16. The minimum absolute atomic E-state index is 0.185. The molecule has 0 heterocycles. The van der Waals surface area contributed by atoms with Crippen LogP contribution in [0.25, 0.3) is 0 Å². The molecule has 0 aliphatic rings. The molecule has 0 unspecified atom stereocenters. The van der Waals surface area contributed by atoms with E-state index in [9.17, 15) is 19.2 Å². The molecule has 1 aromatic carbocycles. The van der Waals surface area contributed by atoms with Crippen LogP contribution in [-0.2, 0) is 19.1 Å². The average Bonchev–Trinajstić information content (AvgIpc) is 2.70. The molecule has 33 heavy (non-hydrogen) atoms. The third-order valence-corrected chi connectivity index (χ3v) is 4.15. The number of amides is 3. The lowest BCUT2D eigenvalue weighted by atomic mass is 9.42. The van der Waals surface area contributed by atoms with Crippen molar-refractivity contribution in [2.75, 3.05) is 19.0 Å². The van der Waals surface area contributed by atoms with Crippen molar-refractivity contribution in [3.63, 3.8) is 0 Å². The van der Waals surface area contributed by atoms with E-state index in [1.165, 1.54) is 31.4 Å². The van der Waals surface area contributed by atoms with Gasteiger partial charge < -0.3 is 25.4 Å². The number of methoxy groups -OCH3 is 1. The number of carbonyl (C=O) groups excluding carboxylic acids is 4. The third kappa shape index (κ3) is 11.0. The largest absolute Gasteiger partial charge is 0.467 e. The van der Waals surface area contributed by atoms with E-state index in [4.69, 9.17) is 33.0 Å². The number of hydrogen-bond acceptors (Lipinski definition) is 6. The monoisotopic (exact) mass is 451 g/mol. The van der Waals surface area contributed by atoms with Crippen LogP contribution in [0.2, 0.25) is 5.11 Å². The highest BCUT2D eigenvalue weighted by Gasteiger charge is 2.23. The summed E-state index contributed by atoms with van der Waals surface area (Å²) in [5, 5.41) is 5.57. The topological polar surface area (TPSA) is 123 Å². The number of esters is 1. The molecule has 0 aromatic heterocycles. The van der Waals surface area contributed by atoms with Gasteiger partial charge in [0.05, 0.1) is 30.6 Å². The molecule has 0 saturated heterocycles. The Bertz CT molecular complexity index is 852. The normalized spacial score (nSPS) is 12.2. The van der Waals surface area contributed by atoms with Crippen LogP contribution in [0.4, 0.5) is 10.5 Å². The fourth-order valence-corrected chi connectivity index (χ4v) is 2.59. The van der Waals surface area contributed by atoms with Crippen molar-refractivity contribution < 1.29 is 28.7 Å². The Morgan fingerprint density at radius 1 is 1.06 bits per heavy atom. The summed E-state index contributed by atoms with van der Waals surface area (Å²) in [6, 6.07) is 5.05. The molecule has 0 fully saturated rings. The van der Waals surface area contributed by atoms with Crippen molar-refractivity contribution in [2.45, 2.75) is 56.8 Å². The number of anilines is 1. The first-order valence-corrected chi connectivity index (χ1v) is 10.4. The predicted molar refractivity (Wildman–Crippen MR) is 126 cm³/mol. The van der Waals surface area contributed by atoms with Gasteiger partial charge in [0.1, 0.15) is 11.6 Å². The van der Waals surface area contributed by atoms with Crippen LogP contribution in [0.15, 0.2) is 24.3 Å². The Hall–Kier alpha value is -2.91. The molecule has 0 aliphatic heterocycles. The first-order chi connectivity index (χ1) is 15.2. The summed E-state index contributed by atoms with van der Waals surface area (Å²) in [7, 11) is 17.2. The second-order valence-electron chi connectivity index (χ2n) is 8.44. The van der Waals surface area contributed by atoms with Gasteiger partial charge in [-0.15, -0.1) is 0 Å². The van der Waals surface area contributed by atoms with E-state index < -0.39 is 40.6 Å². The fourth-order valence-electron chi connectivity index (χ4n) is 2.59. The Labute approximate surface area is 198 Å². The molecule has 0 bridgehead atoms. The van der Waals surface area contributed by atoms with Crippen LogP contribution in [0.3, 0.4) is 0 Å². The minimum atomic E-state index is -2.08. The van der Waals surface area contributed by atoms with Crippen molar-refractivity contribution in [1.29, 1.82) is 0 Å². The second kappa shape index (κ2) is 12.4. The van der Waals surface area contributed by atoms with Gasteiger partial charge in [0.25, 0.3) is 5.91 Å². The summed E-state index contributed by atoms with van der Waals surface area (Å²) in [6.45, 7) is 5.65. The summed E-state index contributed by atoms with van der Waals surface area (Å²) >= 11 is 0. The van der Waals surface area contributed by atoms with Crippen LogP contribution in [0.1, 0.15) is 50.4 Å². The van der Waals surface area contributed by atoms with E-state index >= 15 is 0 Å². The molecule has 9 nitrogen and oxygen atoms in total. The smallest absolute Gasteiger partial charge is 0.407 e. The molecule has 0 spiro atoms. The molecule has 3 amide bonds. The zero-order valence-electron chi connectivity index (χ0n) is 19.4. The molecule has 3 N–H and O–H groups in total. The van der Waals surface area contributed by atoms with Gasteiger partial charge in [-0.25, -0.2) is 9.59 Å². The molecule has 1 rings (SSSR count). The lowest BCUT2D eigenvalue weighted by Gasteiger charge is -2.20. The van der Waals surface area contributed by atoms with Crippen LogP contribution in [-0.4, -0.2) is 72.7 Å². The van der Waals surface area contributed by atoms with E-state index in [1.807, 2.05) is 0 Å². The molecule has 1 aromatic rings. The molecule has 6 radical (unpaired) electrons. The van der Waals surface area contributed by atoms with Gasteiger partial charge in [0.2, 0.25) is 5.91 Å². The first-order valence-electron chi connectivity index (χ1n) is 10.4. The number of ether oxygens (including phenoxy) is 2. The van der Waals surface area contributed by atoms with E-state index in [-0.39, 0.29) is 11.3 Å². The van der Waals surface area contributed by atoms with E-state index in [0.717, 1.165) is 0 Å². The number of benzene rings is 1. The molecule has 1 atom stereocenters. The zero-order valence-corrected chi connectivity index (χ0v) is 19.4. The summed E-state index contributed by atoms with van der Waals surface area (Å²) in [4.78, 5) is 48.2. The van der Waals surface area contributed by atoms with Crippen LogP contribution < -0.4 is 16.0 Å². The fraction of sp³-hybridized carbons (Fsp3) is 0.524. The van der Waals surface area contributed by atoms with Gasteiger partial charge in [-0.1, -0.05) is 11.2 Å². The van der Waals surface area contributed by atoms with Gasteiger partial charge in [-0.05, 0) is 58.2 Å². The van der Waals surface area contributed by atoms with Crippen LogP contribution >= 0.6 is 0 Å². The van der Waals surface area contributed by atoms with E-state index in [0.29, 0.717) is 25.8 Å². The maximum Gasteiger partial charge on any atom is 0.407 e. The number of alkyl carbamates (subject to hydrolysis) is 1. The van der Waals surface area contributed by atoms with Gasteiger partial charge in [-0.2, -0.15) is 0 Å². The molecule has 172 valence electrons. The van der Waals surface area contributed by atoms with Gasteiger partial charge in [-0.3, -0.25) is 9.59 Å². The van der Waals surface area contributed by atoms with Gasteiger partial charge in [0, 0.05) is 17.8 Å². The summed E-state index contributed by atoms with van der Waals surface area (Å²) in [6.07, 6.45) is 0.852. The highest BCUT2D eigenvalue weighted by atomic mass is 16.6. The average molecular weight is 451 g/mol. The van der Waals surface area contributed by atoms with Gasteiger partial charge >= 0.3 is 12.1 Å². The number of nitrogens with one attached hydrogen (secondary N) is 3. The second-order valence-corrected chi connectivity index (χ2v) is 8.44. The molecular formula is C21H28B3N3O6. The standard InChI is InChI=1S/C21H28B3N3O6/c1-20(2,3)33-19(31)25-11-6-5-10-15(17(29)32-4)27-16(28)13-8-7-9-14(12-13)26-18(30)21(22,23)24/h7-9,12,15H,5-6,10-11H2,1-4H3,(H,25,31)(H,26,30)(H,27,28)/t15-/m1/s1. The number of unbranched alkanes of at least 4 members (excludes halogenated alkanes) is 1. The molecule has 0 saturated carbocycles. The Kier molecular flexibility index (Phi) is 10.5. The quantitative estimate of drug-likeness (QED) is 0.279. The van der Waals surface area contributed by atoms with E-state index in [1.54, 1.807) is 20.8 Å². The summed E-state index contributed by atoms with van der Waals surface area (Å²) in [5.74, 6) is -1.99. The Morgan fingerprint density at radius 2 is 1.73 bits per heavy atom. The lowest BCUT2D eigenvalue weighted by Crippen LogP contribution is -2.41. The van der Waals surface area contributed by atoms with Crippen molar-refractivity contribution in [3.05, 3.63) is 29.8 Å². The van der Waals surface area contributed by atoms with Crippen LogP contribution in [0.5, 0.6) is 0 Å². The van der Waals surface area contributed by atoms with Crippen molar-refractivity contribution in [1.82, 2.24) is 10.6 Å². The SMILES string of the molecule is [B]C([B])([B])C(=O)Nc1cccc(C(=O)N[C@H](CCCCNC(=O)OC(C)(C)C)C(=O)OC)c1. The van der Waals surface area contributed by atoms with Crippen molar-refractivity contribution in [3.8, 4) is 0 Å². The first kappa shape index (κ1) is 28.1. The number of hydrogen-bond donors (Lipinski definition) is 3. The number of carbonyl (C=O) groups is 4. The maximum atomic E-state index is 12.6. The number of rotatable bonds is 10. The van der Waals surface area contributed by atoms with Crippen molar-refractivity contribution >= 4 is 53.1 Å². The predicted octanol–water partition coefficient (Wildman–Crippen LogP) is 1.17. The Morgan fingerprint density at radius 3 is 2.30 bits per heavy atom. The lowest BCUT2D eigenvalue weighted by molar-refractivity contribution is -0.143. The Balaban J connectivity index is 2.64. The highest BCUT2D eigenvalue weighted by molar-refractivity contribution is 6.69.